The number of thiazole rings is 1. The molecule has 0 bridgehead atoms. The largest absolute Gasteiger partial charge is 0.339 e. The first kappa shape index (κ1) is 17.2. The van der Waals surface area contributed by atoms with Gasteiger partial charge in [-0.15, -0.1) is 11.3 Å². The molecule has 5 nitrogen and oxygen atoms in total. The highest BCUT2D eigenvalue weighted by atomic mass is 32.1. The van der Waals surface area contributed by atoms with Gasteiger partial charge < -0.3 is 10.2 Å². The Balaban J connectivity index is 1.43. The second-order valence-corrected chi connectivity index (χ2v) is 8.27. The van der Waals surface area contributed by atoms with E-state index >= 15 is 0 Å². The van der Waals surface area contributed by atoms with E-state index in [-0.39, 0.29) is 17.7 Å². The number of rotatable bonds is 4. The molecular formula is C20H23N3O2S. The molecule has 1 saturated heterocycles. The minimum atomic E-state index is -0.256. The van der Waals surface area contributed by atoms with Crippen LogP contribution in [0.1, 0.15) is 37.1 Å². The van der Waals surface area contributed by atoms with Crippen LogP contribution in [0.2, 0.25) is 0 Å². The van der Waals surface area contributed by atoms with E-state index in [0.717, 1.165) is 34.8 Å². The summed E-state index contributed by atoms with van der Waals surface area (Å²) in [5, 5.41) is 6.03. The SMILES string of the molecule is Cc1nc(-c2cccc(NC(=O)[C@@H]3CC(=O)N(C4CCCC4)C3)c2)cs1. The second kappa shape index (κ2) is 7.19. The van der Waals surface area contributed by atoms with Crippen molar-refractivity contribution in [3.8, 4) is 11.3 Å². The summed E-state index contributed by atoms with van der Waals surface area (Å²) >= 11 is 1.61. The average molecular weight is 369 g/mol. The van der Waals surface area contributed by atoms with Crippen LogP contribution < -0.4 is 5.32 Å². The van der Waals surface area contributed by atoms with Gasteiger partial charge in [-0.25, -0.2) is 4.98 Å². The Bertz CT molecular complexity index is 826. The molecule has 2 amide bonds. The number of hydrogen-bond donors (Lipinski definition) is 1. The standard InChI is InChI=1S/C20H23N3O2S/c1-13-21-18(12-26-13)14-5-4-6-16(9-14)22-20(25)15-10-19(24)23(11-15)17-7-2-3-8-17/h4-6,9,12,15,17H,2-3,7-8,10-11H2,1H3,(H,22,25)/t15-/m1/s1. The first-order valence-electron chi connectivity index (χ1n) is 9.23. The summed E-state index contributed by atoms with van der Waals surface area (Å²) in [5.41, 5.74) is 2.67. The van der Waals surface area contributed by atoms with Crippen LogP contribution in [0.3, 0.4) is 0 Å². The molecule has 2 heterocycles. The van der Waals surface area contributed by atoms with Gasteiger partial charge in [0.25, 0.3) is 0 Å². The number of amides is 2. The summed E-state index contributed by atoms with van der Waals surface area (Å²) < 4.78 is 0. The van der Waals surface area contributed by atoms with Crippen molar-refractivity contribution < 1.29 is 9.59 Å². The molecule has 1 aromatic heterocycles. The highest BCUT2D eigenvalue weighted by molar-refractivity contribution is 7.09. The Kier molecular flexibility index (Phi) is 4.76. The van der Waals surface area contributed by atoms with Crippen LogP contribution in [0.4, 0.5) is 5.69 Å². The summed E-state index contributed by atoms with van der Waals surface area (Å²) in [5.74, 6) is -0.192. The third-order valence-electron chi connectivity index (χ3n) is 5.34. The molecule has 1 aromatic carbocycles. The summed E-state index contributed by atoms with van der Waals surface area (Å²) in [6, 6.07) is 8.08. The molecule has 0 spiro atoms. The lowest BCUT2D eigenvalue weighted by Gasteiger charge is -2.23. The Morgan fingerprint density at radius 1 is 1.31 bits per heavy atom. The molecule has 1 aliphatic carbocycles. The van der Waals surface area contributed by atoms with Gasteiger partial charge in [0.2, 0.25) is 11.8 Å². The number of carbonyl (C=O) groups is 2. The van der Waals surface area contributed by atoms with Crippen molar-refractivity contribution in [2.45, 2.75) is 45.1 Å². The summed E-state index contributed by atoms with van der Waals surface area (Å²) in [7, 11) is 0. The van der Waals surface area contributed by atoms with Crippen molar-refractivity contribution in [3.63, 3.8) is 0 Å². The normalized spacial score (nSPS) is 20.7. The van der Waals surface area contributed by atoms with Crippen LogP contribution >= 0.6 is 11.3 Å². The molecule has 26 heavy (non-hydrogen) atoms. The van der Waals surface area contributed by atoms with Crippen LogP contribution in [0.25, 0.3) is 11.3 Å². The van der Waals surface area contributed by atoms with Crippen molar-refractivity contribution in [3.05, 3.63) is 34.7 Å². The molecule has 1 N–H and O–H groups in total. The first-order valence-corrected chi connectivity index (χ1v) is 10.1. The Morgan fingerprint density at radius 2 is 2.12 bits per heavy atom. The molecule has 0 radical (unpaired) electrons. The van der Waals surface area contributed by atoms with Gasteiger partial charge in [-0.1, -0.05) is 25.0 Å². The lowest BCUT2D eigenvalue weighted by atomic mass is 10.1. The lowest BCUT2D eigenvalue weighted by molar-refractivity contribution is -0.129. The molecule has 1 atom stereocenters. The fourth-order valence-corrected chi connectivity index (χ4v) is 4.59. The Hall–Kier alpha value is -2.21. The predicted octanol–water partition coefficient (Wildman–Crippen LogP) is 3.85. The zero-order valence-electron chi connectivity index (χ0n) is 14.9. The van der Waals surface area contributed by atoms with Gasteiger partial charge in [0.15, 0.2) is 0 Å². The van der Waals surface area contributed by atoms with E-state index in [9.17, 15) is 9.59 Å². The molecule has 136 valence electrons. The summed E-state index contributed by atoms with van der Waals surface area (Å²) in [6.45, 7) is 2.54. The van der Waals surface area contributed by atoms with Gasteiger partial charge in [-0.05, 0) is 31.9 Å². The van der Waals surface area contributed by atoms with Gasteiger partial charge in [-0.2, -0.15) is 0 Å². The smallest absolute Gasteiger partial charge is 0.229 e. The summed E-state index contributed by atoms with van der Waals surface area (Å²) in [4.78, 5) is 31.4. The quantitative estimate of drug-likeness (QED) is 0.890. The van der Waals surface area contributed by atoms with Gasteiger partial charge in [0.1, 0.15) is 0 Å². The Morgan fingerprint density at radius 3 is 2.85 bits per heavy atom. The van der Waals surface area contributed by atoms with Crippen LogP contribution in [-0.4, -0.2) is 34.3 Å². The van der Waals surface area contributed by atoms with Crippen molar-refractivity contribution in [1.29, 1.82) is 0 Å². The molecule has 0 unspecified atom stereocenters. The highest BCUT2D eigenvalue weighted by Gasteiger charge is 2.38. The number of hydrogen-bond acceptors (Lipinski definition) is 4. The number of carbonyl (C=O) groups excluding carboxylic acids is 2. The summed E-state index contributed by atoms with van der Waals surface area (Å²) in [6.07, 6.45) is 4.86. The number of nitrogens with zero attached hydrogens (tertiary/aromatic N) is 2. The Labute approximate surface area is 157 Å². The molecule has 4 rings (SSSR count). The van der Waals surface area contributed by atoms with Gasteiger partial charge in [0.05, 0.1) is 16.6 Å². The maximum absolute atomic E-state index is 12.7. The van der Waals surface area contributed by atoms with Crippen LogP contribution in [0.5, 0.6) is 0 Å². The monoisotopic (exact) mass is 369 g/mol. The molecule has 2 aliphatic rings. The first-order chi connectivity index (χ1) is 12.6. The zero-order valence-corrected chi connectivity index (χ0v) is 15.7. The minimum absolute atomic E-state index is 0.0644. The molecule has 6 heteroatoms. The third kappa shape index (κ3) is 3.51. The van der Waals surface area contributed by atoms with E-state index in [4.69, 9.17) is 0 Å². The highest BCUT2D eigenvalue weighted by Crippen LogP contribution is 2.30. The van der Waals surface area contributed by atoms with E-state index in [1.807, 2.05) is 41.5 Å². The van der Waals surface area contributed by atoms with E-state index in [1.165, 1.54) is 12.8 Å². The lowest BCUT2D eigenvalue weighted by Crippen LogP contribution is -2.35. The van der Waals surface area contributed by atoms with Crippen molar-refractivity contribution in [1.82, 2.24) is 9.88 Å². The number of likely N-dealkylation sites (tertiary alicyclic amines) is 1. The number of anilines is 1. The van der Waals surface area contributed by atoms with E-state index < -0.39 is 0 Å². The van der Waals surface area contributed by atoms with Gasteiger partial charge in [-0.3, -0.25) is 9.59 Å². The van der Waals surface area contributed by atoms with Crippen molar-refractivity contribution in [2.75, 3.05) is 11.9 Å². The van der Waals surface area contributed by atoms with Crippen molar-refractivity contribution >= 4 is 28.8 Å². The number of nitrogens with one attached hydrogen (secondary N) is 1. The minimum Gasteiger partial charge on any atom is -0.339 e. The molecule has 1 saturated carbocycles. The average Bonchev–Trinajstić information content (AvgIpc) is 3.35. The molecule has 1 aliphatic heterocycles. The van der Waals surface area contributed by atoms with E-state index in [0.29, 0.717) is 19.0 Å². The van der Waals surface area contributed by atoms with Crippen LogP contribution in [0, 0.1) is 12.8 Å². The maximum Gasteiger partial charge on any atom is 0.229 e. The third-order valence-corrected chi connectivity index (χ3v) is 6.11. The predicted molar refractivity (Wildman–Crippen MR) is 103 cm³/mol. The van der Waals surface area contributed by atoms with Crippen molar-refractivity contribution in [2.24, 2.45) is 5.92 Å². The molecule has 2 fully saturated rings. The van der Waals surface area contributed by atoms with Gasteiger partial charge in [0, 0.05) is 35.6 Å². The fraction of sp³-hybridized carbons (Fsp3) is 0.450. The topological polar surface area (TPSA) is 62.3 Å². The number of aryl methyl sites for hydroxylation is 1. The van der Waals surface area contributed by atoms with Gasteiger partial charge >= 0.3 is 0 Å². The zero-order chi connectivity index (χ0) is 18.1. The molecular weight excluding hydrogens is 346 g/mol. The fourth-order valence-electron chi connectivity index (χ4n) is 3.97. The molecule has 2 aromatic rings. The maximum atomic E-state index is 12.7. The van der Waals surface area contributed by atoms with E-state index in [1.54, 1.807) is 11.3 Å². The second-order valence-electron chi connectivity index (χ2n) is 7.21. The van der Waals surface area contributed by atoms with Crippen LogP contribution in [0.15, 0.2) is 29.6 Å². The van der Waals surface area contributed by atoms with Crippen LogP contribution in [-0.2, 0) is 9.59 Å². The number of benzene rings is 1. The van der Waals surface area contributed by atoms with E-state index in [2.05, 4.69) is 10.3 Å². The number of aromatic nitrogens is 1.